The third-order valence-corrected chi connectivity index (χ3v) is 3.67. The normalized spacial score (nSPS) is 12.2. The number of methoxy groups -OCH3 is 1. The van der Waals surface area contributed by atoms with Crippen molar-refractivity contribution in [2.75, 3.05) is 7.11 Å². The topological polar surface area (TPSA) is 39.4 Å². The van der Waals surface area contributed by atoms with Gasteiger partial charge < -0.3 is 9.15 Å². The maximum atomic E-state index is 12.8. The summed E-state index contributed by atoms with van der Waals surface area (Å²) < 4.78 is 22.8. The van der Waals surface area contributed by atoms with E-state index in [1.165, 1.54) is 31.0 Å². The first-order valence-corrected chi connectivity index (χ1v) is 6.58. The molecule has 1 aromatic carbocycles. The Morgan fingerprint density at radius 2 is 1.95 bits per heavy atom. The van der Waals surface area contributed by atoms with Crippen LogP contribution in [0.5, 0.6) is 0 Å². The molecule has 5 heteroatoms. The van der Waals surface area contributed by atoms with Gasteiger partial charge in [0.05, 0.1) is 12.4 Å². The van der Waals surface area contributed by atoms with Crippen LogP contribution in [0.4, 0.5) is 4.39 Å². The average molecular weight is 280 g/mol. The minimum absolute atomic E-state index is 0.0175. The number of hydrogen-bond donors (Lipinski definition) is 0. The Morgan fingerprint density at radius 1 is 1.26 bits per heavy atom. The molecule has 1 aromatic heterocycles. The fourth-order valence-corrected chi connectivity index (χ4v) is 2.50. The average Bonchev–Trinajstić information content (AvgIpc) is 2.90. The van der Waals surface area contributed by atoms with Crippen LogP contribution in [0, 0.1) is 5.82 Å². The van der Waals surface area contributed by atoms with Crippen LogP contribution in [0.25, 0.3) is 0 Å². The second kappa shape index (κ2) is 5.93. The lowest BCUT2D eigenvalue weighted by atomic mass is 10.3. The van der Waals surface area contributed by atoms with Crippen molar-refractivity contribution in [1.29, 1.82) is 0 Å². The predicted octanol–water partition coefficient (Wildman–Crippen LogP) is 4.06. The lowest BCUT2D eigenvalue weighted by Gasteiger charge is -2.08. The Labute approximate surface area is 114 Å². The van der Waals surface area contributed by atoms with Crippen LogP contribution in [0.2, 0.25) is 0 Å². The number of carbonyl (C=O) groups excluding carboxylic acids is 1. The summed E-state index contributed by atoms with van der Waals surface area (Å²) in [7, 11) is 1.31. The van der Waals surface area contributed by atoms with Gasteiger partial charge in [0.2, 0.25) is 5.76 Å². The number of ether oxygens (including phenoxy) is 1. The van der Waals surface area contributed by atoms with E-state index < -0.39 is 5.97 Å². The van der Waals surface area contributed by atoms with Crippen molar-refractivity contribution in [2.45, 2.75) is 17.1 Å². The van der Waals surface area contributed by atoms with Crippen molar-refractivity contribution in [3.05, 3.63) is 53.7 Å². The van der Waals surface area contributed by atoms with Crippen LogP contribution in [0.1, 0.15) is 28.5 Å². The van der Waals surface area contributed by atoms with Crippen molar-refractivity contribution < 1.29 is 18.3 Å². The summed E-state index contributed by atoms with van der Waals surface area (Å²) in [6, 6.07) is 9.58. The zero-order valence-electron chi connectivity index (χ0n) is 10.6. The Kier molecular flexibility index (Phi) is 4.27. The van der Waals surface area contributed by atoms with Crippen molar-refractivity contribution in [3.8, 4) is 0 Å². The van der Waals surface area contributed by atoms with E-state index in [1.54, 1.807) is 24.3 Å². The third kappa shape index (κ3) is 3.38. The number of thioether (sulfide) groups is 1. The molecule has 0 spiro atoms. The summed E-state index contributed by atoms with van der Waals surface area (Å²) in [6.07, 6.45) is 0. The maximum absolute atomic E-state index is 12.8. The maximum Gasteiger partial charge on any atom is 0.373 e. The van der Waals surface area contributed by atoms with Gasteiger partial charge in [-0.1, -0.05) is 0 Å². The van der Waals surface area contributed by atoms with E-state index >= 15 is 0 Å². The quantitative estimate of drug-likeness (QED) is 0.625. The Morgan fingerprint density at radius 3 is 2.58 bits per heavy atom. The summed E-state index contributed by atoms with van der Waals surface area (Å²) in [5, 5.41) is 0.0175. The first-order chi connectivity index (χ1) is 9.10. The monoisotopic (exact) mass is 280 g/mol. The Hall–Kier alpha value is -1.75. The highest BCUT2D eigenvalue weighted by Gasteiger charge is 2.16. The van der Waals surface area contributed by atoms with Gasteiger partial charge in [-0.3, -0.25) is 0 Å². The summed E-state index contributed by atoms with van der Waals surface area (Å²) in [6.45, 7) is 1.95. The molecule has 2 rings (SSSR count). The second-order valence-corrected chi connectivity index (χ2v) is 5.32. The van der Waals surface area contributed by atoms with Crippen LogP contribution in [-0.2, 0) is 4.74 Å². The molecule has 3 nitrogen and oxygen atoms in total. The van der Waals surface area contributed by atoms with Crippen LogP contribution in [0.15, 0.2) is 45.7 Å². The van der Waals surface area contributed by atoms with Gasteiger partial charge in [-0.15, -0.1) is 11.8 Å². The second-order valence-electron chi connectivity index (χ2n) is 3.91. The minimum atomic E-state index is -0.495. The number of esters is 1. The zero-order valence-corrected chi connectivity index (χ0v) is 11.4. The highest BCUT2D eigenvalue weighted by molar-refractivity contribution is 7.99. The largest absolute Gasteiger partial charge is 0.463 e. The molecule has 1 heterocycles. The van der Waals surface area contributed by atoms with Gasteiger partial charge >= 0.3 is 5.97 Å². The molecule has 0 saturated carbocycles. The molecule has 0 fully saturated rings. The summed E-state index contributed by atoms with van der Waals surface area (Å²) >= 11 is 1.53. The molecule has 0 aliphatic rings. The molecule has 0 radical (unpaired) electrons. The summed E-state index contributed by atoms with van der Waals surface area (Å²) in [5.41, 5.74) is 0. The van der Waals surface area contributed by atoms with Gasteiger partial charge in [0, 0.05) is 4.90 Å². The van der Waals surface area contributed by atoms with Gasteiger partial charge in [0.15, 0.2) is 0 Å². The van der Waals surface area contributed by atoms with Crippen LogP contribution in [-0.4, -0.2) is 13.1 Å². The minimum Gasteiger partial charge on any atom is -0.463 e. The van der Waals surface area contributed by atoms with Gasteiger partial charge in [-0.25, -0.2) is 9.18 Å². The van der Waals surface area contributed by atoms with Gasteiger partial charge in [-0.2, -0.15) is 0 Å². The molecule has 0 aliphatic carbocycles. The molecular weight excluding hydrogens is 267 g/mol. The summed E-state index contributed by atoms with van der Waals surface area (Å²) in [4.78, 5) is 12.2. The van der Waals surface area contributed by atoms with E-state index in [0.717, 1.165) is 4.90 Å². The standard InChI is InChI=1S/C14H13FO3S/c1-9(19-11-5-3-10(15)4-6-11)12-7-8-13(18-12)14(16)17-2/h3-9H,1-2H3. The van der Waals surface area contributed by atoms with Crippen molar-refractivity contribution in [1.82, 2.24) is 0 Å². The highest BCUT2D eigenvalue weighted by Crippen LogP contribution is 2.35. The molecule has 0 saturated heterocycles. The fourth-order valence-electron chi connectivity index (χ4n) is 1.56. The highest BCUT2D eigenvalue weighted by atomic mass is 32.2. The lowest BCUT2D eigenvalue weighted by molar-refractivity contribution is 0.0563. The molecule has 19 heavy (non-hydrogen) atoms. The molecule has 1 unspecified atom stereocenters. The van der Waals surface area contributed by atoms with Gasteiger partial charge in [0.25, 0.3) is 0 Å². The molecule has 0 bridgehead atoms. The van der Waals surface area contributed by atoms with Crippen molar-refractivity contribution >= 4 is 17.7 Å². The Balaban J connectivity index is 2.07. The van der Waals surface area contributed by atoms with Crippen LogP contribution in [0.3, 0.4) is 0 Å². The molecule has 2 aromatic rings. The molecule has 0 aliphatic heterocycles. The summed E-state index contributed by atoms with van der Waals surface area (Å²) in [5.74, 6) is 0.104. The molecule has 0 amide bonds. The van der Waals surface area contributed by atoms with Crippen molar-refractivity contribution in [2.24, 2.45) is 0 Å². The van der Waals surface area contributed by atoms with Crippen LogP contribution < -0.4 is 0 Å². The van der Waals surface area contributed by atoms with E-state index in [2.05, 4.69) is 4.74 Å². The first-order valence-electron chi connectivity index (χ1n) is 5.70. The number of benzene rings is 1. The molecule has 0 N–H and O–H groups in total. The number of halogens is 1. The smallest absolute Gasteiger partial charge is 0.373 e. The molecule has 1 atom stereocenters. The molecule has 100 valence electrons. The van der Waals surface area contributed by atoms with E-state index in [4.69, 9.17) is 4.42 Å². The Bertz CT molecular complexity index is 562. The van der Waals surface area contributed by atoms with Crippen molar-refractivity contribution in [3.63, 3.8) is 0 Å². The number of furan rings is 1. The predicted molar refractivity (Wildman–Crippen MR) is 70.7 cm³/mol. The lowest BCUT2D eigenvalue weighted by Crippen LogP contribution is -1.98. The number of carbonyl (C=O) groups is 1. The van der Waals surface area contributed by atoms with Crippen LogP contribution >= 0.6 is 11.8 Å². The van der Waals surface area contributed by atoms with Gasteiger partial charge in [0.1, 0.15) is 11.6 Å². The first kappa shape index (κ1) is 13.7. The van der Waals surface area contributed by atoms with Gasteiger partial charge in [-0.05, 0) is 43.3 Å². The van der Waals surface area contributed by atoms with E-state index in [1.807, 2.05) is 6.92 Å². The third-order valence-electron chi connectivity index (χ3n) is 2.54. The van der Waals surface area contributed by atoms with E-state index in [9.17, 15) is 9.18 Å². The number of rotatable bonds is 4. The SMILES string of the molecule is COC(=O)c1ccc(C(C)Sc2ccc(F)cc2)o1. The number of hydrogen-bond acceptors (Lipinski definition) is 4. The fraction of sp³-hybridized carbons (Fsp3) is 0.214. The molecular formula is C14H13FO3S. The van der Waals surface area contributed by atoms with E-state index in [-0.39, 0.29) is 16.8 Å². The van der Waals surface area contributed by atoms with E-state index in [0.29, 0.717) is 5.76 Å². The zero-order chi connectivity index (χ0) is 13.8.